The van der Waals surface area contributed by atoms with Crippen LogP contribution in [0.15, 0.2) is 18.3 Å². The minimum absolute atomic E-state index is 0.129. The Hall–Kier alpha value is -1.59. The number of fused-ring (bicyclic) bond motifs is 1. The molecule has 1 aliphatic heterocycles. The fraction of sp³-hybridized carbons (Fsp3) is 0.412. The van der Waals surface area contributed by atoms with Crippen LogP contribution in [0, 0.1) is 11.6 Å². The Morgan fingerprint density at radius 2 is 2.00 bits per heavy atom. The van der Waals surface area contributed by atoms with E-state index in [4.69, 9.17) is 11.6 Å². The third-order valence-corrected chi connectivity index (χ3v) is 4.90. The molecule has 1 aromatic carbocycles. The van der Waals surface area contributed by atoms with Gasteiger partial charge >= 0.3 is 0 Å². The number of rotatable bonds is 3. The fourth-order valence-electron chi connectivity index (χ4n) is 3.00. The van der Waals surface area contributed by atoms with Gasteiger partial charge in [0.2, 0.25) is 0 Å². The smallest absolute Gasteiger partial charge is 0.142 e. The first kappa shape index (κ1) is 15.0. The second-order valence-corrected chi connectivity index (χ2v) is 6.63. The predicted octanol–water partition coefficient (Wildman–Crippen LogP) is 3.84. The van der Waals surface area contributed by atoms with Crippen LogP contribution < -0.4 is 0 Å². The topological polar surface area (TPSA) is 29.0 Å². The first-order valence-electron chi connectivity index (χ1n) is 7.81. The van der Waals surface area contributed by atoms with Crippen molar-refractivity contribution >= 4 is 11.6 Å². The van der Waals surface area contributed by atoms with Crippen molar-refractivity contribution in [3.63, 3.8) is 0 Å². The minimum Gasteiger partial charge on any atom is -0.294 e. The van der Waals surface area contributed by atoms with Crippen LogP contribution in [0.1, 0.15) is 41.4 Å². The molecule has 0 radical (unpaired) electrons. The van der Waals surface area contributed by atoms with Crippen LogP contribution in [-0.2, 0) is 19.5 Å². The number of nitrogens with zero attached hydrogens (tertiary/aromatic N) is 3. The maximum Gasteiger partial charge on any atom is 0.142 e. The van der Waals surface area contributed by atoms with Gasteiger partial charge in [-0.1, -0.05) is 11.6 Å². The van der Waals surface area contributed by atoms with Crippen molar-refractivity contribution in [2.75, 3.05) is 6.54 Å². The molecule has 1 aliphatic carbocycles. The van der Waals surface area contributed by atoms with Gasteiger partial charge in [0.15, 0.2) is 0 Å². The highest BCUT2D eigenvalue weighted by atomic mass is 35.5. The summed E-state index contributed by atoms with van der Waals surface area (Å²) in [5, 5.41) is -0.129. The van der Waals surface area contributed by atoms with Crippen molar-refractivity contribution in [3.8, 4) is 0 Å². The molecule has 0 amide bonds. The van der Waals surface area contributed by atoms with Gasteiger partial charge in [-0.3, -0.25) is 4.90 Å². The summed E-state index contributed by atoms with van der Waals surface area (Å²) in [5.74, 6) is 0.440. The van der Waals surface area contributed by atoms with E-state index in [-0.39, 0.29) is 17.1 Å². The van der Waals surface area contributed by atoms with E-state index in [0.717, 1.165) is 42.2 Å². The zero-order valence-electron chi connectivity index (χ0n) is 12.5. The lowest BCUT2D eigenvalue weighted by Gasteiger charge is -2.28. The monoisotopic (exact) mass is 335 g/mol. The van der Waals surface area contributed by atoms with Crippen LogP contribution in [0.3, 0.4) is 0 Å². The average molecular weight is 336 g/mol. The van der Waals surface area contributed by atoms with Gasteiger partial charge in [0.05, 0.1) is 5.02 Å². The molecule has 0 atom stereocenters. The number of hydrogen-bond acceptors (Lipinski definition) is 3. The maximum atomic E-state index is 13.9. The Labute approximate surface area is 138 Å². The van der Waals surface area contributed by atoms with Crippen molar-refractivity contribution < 1.29 is 8.78 Å². The Morgan fingerprint density at radius 3 is 2.78 bits per heavy atom. The number of hydrogen-bond donors (Lipinski definition) is 0. The Morgan fingerprint density at radius 1 is 1.22 bits per heavy atom. The molecule has 2 aliphatic rings. The summed E-state index contributed by atoms with van der Waals surface area (Å²) in [6.07, 6.45) is 5.04. The van der Waals surface area contributed by atoms with Crippen molar-refractivity contribution in [1.29, 1.82) is 0 Å². The van der Waals surface area contributed by atoms with E-state index in [2.05, 4.69) is 9.97 Å². The third kappa shape index (κ3) is 2.95. The molecule has 3 nitrogen and oxygen atoms in total. The first-order chi connectivity index (χ1) is 11.1. The molecule has 120 valence electrons. The largest absolute Gasteiger partial charge is 0.294 e. The predicted molar refractivity (Wildman–Crippen MR) is 83.2 cm³/mol. The van der Waals surface area contributed by atoms with Gasteiger partial charge < -0.3 is 0 Å². The van der Waals surface area contributed by atoms with Crippen LogP contribution in [0.2, 0.25) is 5.02 Å². The Balaban J connectivity index is 1.53. The molecule has 0 saturated heterocycles. The molecule has 1 aromatic heterocycles. The summed E-state index contributed by atoms with van der Waals surface area (Å²) in [4.78, 5) is 11.2. The van der Waals surface area contributed by atoms with Gasteiger partial charge in [0.1, 0.15) is 17.5 Å². The van der Waals surface area contributed by atoms with E-state index >= 15 is 0 Å². The first-order valence-corrected chi connectivity index (χ1v) is 8.19. The molecule has 1 fully saturated rings. The third-order valence-electron chi connectivity index (χ3n) is 4.49. The summed E-state index contributed by atoms with van der Waals surface area (Å²) in [7, 11) is 0. The standard InChI is InChI=1S/C17H16ClF2N3/c18-16-12(13(19)3-4-14(16)20)9-23-6-5-15-11(8-23)7-21-17(22-15)10-1-2-10/h3-4,7,10H,1-2,5-6,8-9H2. The van der Waals surface area contributed by atoms with Gasteiger partial charge in [-0.15, -0.1) is 0 Å². The van der Waals surface area contributed by atoms with Crippen molar-refractivity contribution in [3.05, 3.63) is 57.6 Å². The normalized spacial score (nSPS) is 18.0. The highest BCUT2D eigenvalue weighted by molar-refractivity contribution is 6.31. The Bertz CT molecular complexity index is 762. The highest BCUT2D eigenvalue weighted by Crippen LogP contribution is 2.38. The molecule has 0 unspecified atom stereocenters. The molecule has 2 heterocycles. The maximum absolute atomic E-state index is 13.9. The summed E-state index contributed by atoms with van der Waals surface area (Å²) in [5.41, 5.74) is 2.36. The van der Waals surface area contributed by atoms with E-state index < -0.39 is 11.6 Å². The van der Waals surface area contributed by atoms with Gasteiger partial charge in [-0.2, -0.15) is 0 Å². The number of halogens is 3. The summed E-state index contributed by atoms with van der Waals surface area (Å²) < 4.78 is 27.5. The molecule has 2 aromatic rings. The van der Waals surface area contributed by atoms with E-state index in [1.807, 2.05) is 11.1 Å². The van der Waals surface area contributed by atoms with E-state index in [1.165, 1.54) is 12.8 Å². The van der Waals surface area contributed by atoms with Crippen molar-refractivity contribution in [2.45, 2.75) is 38.3 Å². The molecular weight excluding hydrogens is 320 g/mol. The van der Waals surface area contributed by atoms with Gasteiger partial charge in [-0.05, 0) is 25.0 Å². The highest BCUT2D eigenvalue weighted by Gasteiger charge is 2.28. The van der Waals surface area contributed by atoms with Crippen LogP contribution in [-0.4, -0.2) is 21.4 Å². The molecule has 6 heteroatoms. The van der Waals surface area contributed by atoms with E-state index in [9.17, 15) is 8.78 Å². The molecule has 0 N–H and O–H groups in total. The number of benzene rings is 1. The second-order valence-electron chi connectivity index (χ2n) is 6.26. The van der Waals surface area contributed by atoms with E-state index in [1.54, 1.807) is 0 Å². The molecule has 1 saturated carbocycles. The van der Waals surface area contributed by atoms with Gasteiger partial charge in [-0.25, -0.2) is 18.7 Å². The molecule has 4 rings (SSSR count). The summed E-state index contributed by atoms with van der Waals surface area (Å²) in [6.45, 7) is 1.67. The van der Waals surface area contributed by atoms with Crippen LogP contribution in [0.4, 0.5) is 8.78 Å². The van der Waals surface area contributed by atoms with Crippen LogP contribution in [0.25, 0.3) is 0 Å². The second kappa shape index (κ2) is 5.80. The lowest BCUT2D eigenvalue weighted by Crippen LogP contribution is -2.31. The molecule has 0 bridgehead atoms. The Kier molecular flexibility index (Phi) is 3.77. The fourth-order valence-corrected chi connectivity index (χ4v) is 3.21. The van der Waals surface area contributed by atoms with Crippen molar-refractivity contribution in [1.82, 2.24) is 14.9 Å². The van der Waals surface area contributed by atoms with Gasteiger partial charge in [0, 0.05) is 55.0 Å². The SMILES string of the molecule is Fc1ccc(F)c(CN2CCc3nc(C4CC4)ncc3C2)c1Cl. The lowest BCUT2D eigenvalue weighted by molar-refractivity contribution is 0.239. The average Bonchev–Trinajstić information content (AvgIpc) is 3.39. The summed E-state index contributed by atoms with van der Waals surface area (Å²) >= 11 is 5.91. The molecular formula is C17H16ClF2N3. The molecule has 23 heavy (non-hydrogen) atoms. The zero-order chi connectivity index (χ0) is 16.0. The molecule has 0 spiro atoms. The van der Waals surface area contributed by atoms with Crippen LogP contribution >= 0.6 is 11.6 Å². The zero-order valence-corrected chi connectivity index (χ0v) is 13.3. The van der Waals surface area contributed by atoms with Crippen molar-refractivity contribution in [2.24, 2.45) is 0 Å². The lowest BCUT2D eigenvalue weighted by atomic mass is 10.1. The van der Waals surface area contributed by atoms with E-state index in [0.29, 0.717) is 12.5 Å². The van der Waals surface area contributed by atoms with Crippen LogP contribution in [0.5, 0.6) is 0 Å². The summed E-state index contributed by atoms with van der Waals surface area (Å²) in [6, 6.07) is 2.18. The minimum atomic E-state index is -0.585. The number of aromatic nitrogens is 2. The quantitative estimate of drug-likeness (QED) is 0.798. The van der Waals surface area contributed by atoms with Gasteiger partial charge in [0.25, 0.3) is 0 Å².